The van der Waals surface area contributed by atoms with E-state index in [1.807, 2.05) is 5.38 Å². The van der Waals surface area contributed by atoms with Crippen molar-refractivity contribution in [3.63, 3.8) is 0 Å². The third-order valence-corrected chi connectivity index (χ3v) is 3.40. The SMILES string of the molecule is Cl.O=[N+]([O-])c1cc([C@H]2CCCCN2)cs1. The zero-order valence-electron chi connectivity index (χ0n) is 8.14. The standard InChI is InChI=1S/C9H12N2O2S.ClH/c12-11(13)9-5-7(6-14-9)8-3-1-2-4-10-8;/h5-6,8,10H,1-4H2;1H/t8-;/m1./s1. The van der Waals surface area contributed by atoms with Gasteiger partial charge in [-0.2, -0.15) is 0 Å². The van der Waals surface area contributed by atoms with E-state index in [1.54, 1.807) is 6.07 Å². The zero-order chi connectivity index (χ0) is 9.97. The van der Waals surface area contributed by atoms with Crippen molar-refractivity contribution in [2.24, 2.45) is 0 Å². The molecular weight excluding hydrogens is 236 g/mol. The summed E-state index contributed by atoms with van der Waals surface area (Å²) < 4.78 is 0. The van der Waals surface area contributed by atoms with Gasteiger partial charge in [0.05, 0.1) is 4.92 Å². The van der Waals surface area contributed by atoms with Crippen molar-refractivity contribution in [1.29, 1.82) is 0 Å². The highest BCUT2D eigenvalue weighted by Crippen LogP contribution is 2.30. The number of thiophene rings is 1. The molecule has 0 bridgehead atoms. The molecule has 2 rings (SSSR count). The summed E-state index contributed by atoms with van der Waals surface area (Å²) in [6, 6.07) is 2.02. The van der Waals surface area contributed by atoms with Crippen LogP contribution in [0.15, 0.2) is 11.4 Å². The number of rotatable bonds is 2. The molecule has 1 atom stereocenters. The Labute approximate surface area is 98.2 Å². The van der Waals surface area contributed by atoms with Crippen LogP contribution in [-0.4, -0.2) is 11.5 Å². The van der Waals surface area contributed by atoms with Gasteiger partial charge in [-0.25, -0.2) is 0 Å². The highest BCUT2D eigenvalue weighted by molar-refractivity contribution is 7.13. The van der Waals surface area contributed by atoms with Crippen LogP contribution < -0.4 is 5.32 Å². The highest BCUT2D eigenvalue weighted by Gasteiger charge is 2.18. The molecule has 0 radical (unpaired) electrons. The van der Waals surface area contributed by atoms with E-state index in [0.717, 1.165) is 18.5 Å². The molecule has 0 spiro atoms. The van der Waals surface area contributed by atoms with Gasteiger partial charge in [-0.15, -0.1) is 12.4 Å². The predicted octanol–water partition coefficient (Wildman–Crippen LogP) is 2.89. The summed E-state index contributed by atoms with van der Waals surface area (Å²) in [5, 5.41) is 16.0. The average molecular weight is 249 g/mol. The van der Waals surface area contributed by atoms with Crippen LogP contribution in [-0.2, 0) is 0 Å². The highest BCUT2D eigenvalue weighted by atomic mass is 35.5. The summed E-state index contributed by atoms with van der Waals surface area (Å²) >= 11 is 1.21. The second kappa shape index (κ2) is 5.44. The minimum atomic E-state index is -0.322. The van der Waals surface area contributed by atoms with Crippen molar-refractivity contribution in [3.8, 4) is 0 Å². The molecule has 0 saturated carbocycles. The molecule has 15 heavy (non-hydrogen) atoms. The maximum atomic E-state index is 10.5. The largest absolute Gasteiger partial charge is 0.324 e. The maximum Gasteiger partial charge on any atom is 0.324 e. The van der Waals surface area contributed by atoms with Gasteiger partial charge in [-0.1, -0.05) is 17.8 Å². The lowest BCUT2D eigenvalue weighted by atomic mass is 10.00. The fourth-order valence-electron chi connectivity index (χ4n) is 1.75. The number of hydrogen-bond donors (Lipinski definition) is 1. The summed E-state index contributed by atoms with van der Waals surface area (Å²) in [5.74, 6) is 0. The van der Waals surface area contributed by atoms with Crippen LogP contribution in [0.25, 0.3) is 0 Å². The van der Waals surface area contributed by atoms with Gasteiger partial charge in [-0.05, 0) is 24.9 Å². The van der Waals surface area contributed by atoms with Crippen LogP contribution >= 0.6 is 23.7 Å². The van der Waals surface area contributed by atoms with Crippen molar-refractivity contribution >= 4 is 28.7 Å². The Balaban J connectivity index is 0.00000112. The van der Waals surface area contributed by atoms with Gasteiger partial charge in [0.2, 0.25) is 0 Å². The van der Waals surface area contributed by atoms with Crippen molar-refractivity contribution in [2.45, 2.75) is 25.3 Å². The number of nitrogens with zero attached hydrogens (tertiary/aromatic N) is 1. The molecule has 1 N–H and O–H groups in total. The summed E-state index contributed by atoms with van der Waals surface area (Å²) in [6.45, 7) is 1.02. The van der Waals surface area contributed by atoms with Crippen LogP contribution in [0.2, 0.25) is 0 Å². The lowest BCUT2D eigenvalue weighted by Gasteiger charge is -2.22. The molecule has 1 saturated heterocycles. The Hall–Kier alpha value is -0.650. The molecule has 1 aliphatic rings. The van der Waals surface area contributed by atoms with Gasteiger partial charge < -0.3 is 5.32 Å². The summed E-state index contributed by atoms with van der Waals surface area (Å²) in [6.07, 6.45) is 3.51. The fraction of sp³-hybridized carbons (Fsp3) is 0.556. The smallest absolute Gasteiger partial charge is 0.310 e. The fourth-order valence-corrected chi connectivity index (χ4v) is 2.53. The van der Waals surface area contributed by atoms with Crippen molar-refractivity contribution in [1.82, 2.24) is 5.32 Å². The van der Waals surface area contributed by atoms with E-state index in [9.17, 15) is 10.1 Å². The molecule has 0 unspecified atom stereocenters. The van der Waals surface area contributed by atoms with E-state index in [1.165, 1.54) is 24.2 Å². The number of piperidine rings is 1. The van der Waals surface area contributed by atoms with Crippen LogP contribution in [0.1, 0.15) is 30.9 Å². The normalized spacial score (nSPS) is 20.7. The van der Waals surface area contributed by atoms with Crippen LogP contribution in [0.5, 0.6) is 0 Å². The van der Waals surface area contributed by atoms with Gasteiger partial charge in [0.15, 0.2) is 0 Å². The van der Waals surface area contributed by atoms with Gasteiger partial charge in [0.25, 0.3) is 0 Å². The predicted molar refractivity (Wildman–Crippen MR) is 62.8 cm³/mol. The third-order valence-electron chi connectivity index (χ3n) is 2.50. The maximum absolute atomic E-state index is 10.5. The molecular formula is C9H13ClN2O2S. The van der Waals surface area contributed by atoms with Crippen molar-refractivity contribution in [2.75, 3.05) is 6.54 Å². The molecule has 4 nitrogen and oxygen atoms in total. The van der Waals surface area contributed by atoms with Crippen molar-refractivity contribution in [3.05, 3.63) is 27.1 Å². The molecule has 1 aliphatic heterocycles. The van der Waals surface area contributed by atoms with E-state index >= 15 is 0 Å². The Kier molecular flexibility index (Phi) is 4.50. The van der Waals surface area contributed by atoms with Gasteiger partial charge >= 0.3 is 5.00 Å². The molecule has 2 heterocycles. The molecule has 0 amide bonds. The molecule has 1 fully saturated rings. The Bertz CT molecular complexity index is 337. The Morgan fingerprint density at radius 1 is 1.53 bits per heavy atom. The second-order valence-corrected chi connectivity index (χ2v) is 4.37. The first-order valence-corrected chi connectivity index (χ1v) is 5.61. The van der Waals surface area contributed by atoms with E-state index in [2.05, 4.69) is 5.32 Å². The number of halogens is 1. The van der Waals surface area contributed by atoms with E-state index in [-0.39, 0.29) is 22.3 Å². The third kappa shape index (κ3) is 2.90. The molecule has 6 heteroatoms. The van der Waals surface area contributed by atoms with E-state index in [0.29, 0.717) is 6.04 Å². The molecule has 0 aromatic carbocycles. The minimum absolute atomic E-state index is 0. The number of nitro groups is 1. The number of hydrogen-bond acceptors (Lipinski definition) is 4. The van der Waals surface area contributed by atoms with E-state index in [4.69, 9.17) is 0 Å². The quantitative estimate of drug-likeness (QED) is 0.647. The summed E-state index contributed by atoms with van der Waals surface area (Å²) in [5.41, 5.74) is 1.07. The second-order valence-electron chi connectivity index (χ2n) is 3.48. The van der Waals surface area contributed by atoms with Gasteiger partial charge in [0, 0.05) is 17.5 Å². The van der Waals surface area contributed by atoms with Crippen LogP contribution in [0.4, 0.5) is 5.00 Å². The Morgan fingerprint density at radius 2 is 2.33 bits per heavy atom. The molecule has 1 aromatic rings. The lowest BCUT2D eigenvalue weighted by Crippen LogP contribution is -2.26. The molecule has 84 valence electrons. The average Bonchev–Trinajstić information content (AvgIpc) is 2.68. The zero-order valence-corrected chi connectivity index (χ0v) is 9.77. The first-order valence-electron chi connectivity index (χ1n) is 4.73. The monoisotopic (exact) mass is 248 g/mol. The molecule has 0 aliphatic carbocycles. The van der Waals surface area contributed by atoms with Gasteiger partial charge in [0.1, 0.15) is 0 Å². The summed E-state index contributed by atoms with van der Waals surface area (Å²) in [4.78, 5) is 10.2. The Morgan fingerprint density at radius 3 is 2.87 bits per heavy atom. The number of nitrogens with one attached hydrogen (secondary N) is 1. The summed E-state index contributed by atoms with van der Waals surface area (Å²) in [7, 11) is 0. The first-order chi connectivity index (χ1) is 6.77. The van der Waals surface area contributed by atoms with Crippen LogP contribution in [0, 0.1) is 10.1 Å². The topological polar surface area (TPSA) is 55.2 Å². The lowest BCUT2D eigenvalue weighted by molar-refractivity contribution is -0.380. The minimum Gasteiger partial charge on any atom is -0.310 e. The van der Waals surface area contributed by atoms with E-state index < -0.39 is 0 Å². The first kappa shape index (κ1) is 12.4. The van der Waals surface area contributed by atoms with Crippen molar-refractivity contribution < 1.29 is 4.92 Å². The van der Waals surface area contributed by atoms with Crippen LogP contribution in [0.3, 0.4) is 0 Å². The van der Waals surface area contributed by atoms with Gasteiger partial charge in [-0.3, -0.25) is 10.1 Å². The molecule has 1 aromatic heterocycles.